The fraction of sp³-hybridized carbons (Fsp3) is 0.143. The zero-order valence-electron chi connectivity index (χ0n) is 10.6. The number of hydrogen-bond acceptors (Lipinski definition) is 4. The van der Waals surface area contributed by atoms with E-state index < -0.39 is 5.97 Å². The Morgan fingerprint density at radius 2 is 1.95 bits per heavy atom. The summed E-state index contributed by atoms with van der Waals surface area (Å²) in [5.74, 6) is -0.692. The van der Waals surface area contributed by atoms with Crippen molar-refractivity contribution < 1.29 is 14.3 Å². The third-order valence-corrected chi connectivity index (χ3v) is 3.66. The molecular weight excluding hydrogens is 262 g/mol. The molecule has 0 aliphatic rings. The summed E-state index contributed by atoms with van der Waals surface area (Å²) < 4.78 is 4.69. The van der Waals surface area contributed by atoms with Gasteiger partial charge in [0.25, 0.3) is 5.91 Å². The maximum Gasteiger partial charge on any atom is 0.339 e. The Morgan fingerprint density at radius 1 is 1.21 bits per heavy atom. The van der Waals surface area contributed by atoms with Crippen molar-refractivity contribution in [1.29, 1.82) is 0 Å². The molecule has 0 fully saturated rings. The Bertz CT molecular complexity index is 619. The predicted molar refractivity (Wildman–Crippen MR) is 74.8 cm³/mol. The average molecular weight is 275 g/mol. The number of methoxy groups -OCH3 is 1. The van der Waals surface area contributed by atoms with Gasteiger partial charge in [0.05, 0.1) is 23.2 Å². The van der Waals surface area contributed by atoms with E-state index in [2.05, 4.69) is 10.1 Å². The van der Waals surface area contributed by atoms with Gasteiger partial charge < -0.3 is 10.1 Å². The van der Waals surface area contributed by atoms with Crippen LogP contribution in [0.4, 0.5) is 5.69 Å². The number of benzene rings is 1. The van der Waals surface area contributed by atoms with E-state index in [1.165, 1.54) is 18.4 Å². The van der Waals surface area contributed by atoms with Crippen molar-refractivity contribution in [2.45, 2.75) is 6.92 Å². The number of para-hydroxylation sites is 1. The number of esters is 1. The van der Waals surface area contributed by atoms with Crippen LogP contribution in [0.15, 0.2) is 35.7 Å². The first kappa shape index (κ1) is 13.3. The molecule has 1 heterocycles. The topological polar surface area (TPSA) is 55.4 Å². The van der Waals surface area contributed by atoms with Crippen molar-refractivity contribution in [3.05, 3.63) is 51.7 Å². The van der Waals surface area contributed by atoms with Crippen LogP contribution in [-0.4, -0.2) is 19.0 Å². The number of carbonyl (C=O) groups excluding carboxylic acids is 2. The molecular formula is C14H13NO3S. The van der Waals surface area contributed by atoms with Crippen molar-refractivity contribution in [2.75, 3.05) is 12.4 Å². The van der Waals surface area contributed by atoms with Gasteiger partial charge in [-0.25, -0.2) is 4.79 Å². The lowest BCUT2D eigenvalue weighted by molar-refractivity contribution is 0.0602. The first-order valence-corrected chi connectivity index (χ1v) is 6.54. The summed E-state index contributed by atoms with van der Waals surface area (Å²) in [6.45, 7) is 1.87. The highest BCUT2D eigenvalue weighted by Crippen LogP contribution is 2.20. The number of aryl methyl sites for hydroxylation is 1. The highest BCUT2D eigenvalue weighted by molar-refractivity contribution is 7.12. The first-order valence-electron chi connectivity index (χ1n) is 5.66. The van der Waals surface area contributed by atoms with E-state index in [-0.39, 0.29) is 5.91 Å². The molecule has 0 spiro atoms. The van der Waals surface area contributed by atoms with E-state index in [9.17, 15) is 9.59 Å². The van der Waals surface area contributed by atoms with Gasteiger partial charge in [0.2, 0.25) is 0 Å². The minimum atomic E-state index is -0.473. The Balaban J connectivity index is 2.27. The van der Waals surface area contributed by atoms with Crippen molar-refractivity contribution in [2.24, 2.45) is 0 Å². The van der Waals surface area contributed by atoms with Gasteiger partial charge in [-0.15, -0.1) is 11.3 Å². The maximum absolute atomic E-state index is 12.1. The minimum Gasteiger partial charge on any atom is -0.465 e. The lowest BCUT2D eigenvalue weighted by atomic mass is 10.1. The Hall–Kier alpha value is -2.14. The molecule has 2 aromatic rings. The van der Waals surface area contributed by atoms with Crippen LogP contribution < -0.4 is 5.32 Å². The third-order valence-electron chi connectivity index (χ3n) is 2.65. The number of anilines is 1. The van der Waals surface area contributed by atoms with Crippen LogP contribution in [0.3, 0.4) is 0 Å². The number of carbonyl (C=O) groups is 2. The van der Waals surface area contributed by atoms with Gasteiger partial charge in [0.1, 0.15) is 0 Å². The number of rotatable bonds is 3. The van der Waals surface area contributed by atoms with Crippen molar-refractivity contribution in [1.82, 2.24) is 0 Å². The molecule has 0 atom stereocenters. The van der Waals surface area contributed by atoms with Crippen LogP contribution in [-0.2, 0) is 4.74 Å². The van der Waals surface area contributed by atoms with Gasteiger partial charge in [-0.3, -0.25) is 4.79 Å². The average Bonchev–Trinajstić information content (AvgIpc) is 2.85. The monoisotopic (exact) mass is 275 g/mol. The SMILES string of the molecule is COC(=O)c1ccccc1NC(=O)c1sccc1C. The fourth-order valence-electron chi connectivity index (χ4n) is 1.66. The molecule has 0 saturated carbocycles. The Labute approximate surface area is 115 Å². The minimum absolute atomic E-state index is 0.219. The smallest absolute Gasteiger partial charge is 0.339 e. The van der Waals surface area contributed by atoms with Gasteiger partial charge in [-0.2, -0.15) is 0 Å². The number of ether oxygens (including phenoxy) is 1. The fourth-order valence-corrected chi connectivity index (χ4v) is 2.48. The van der Waals surface area contributed by atoms with E-state index in [1.54, 1.807) is 24.3 Å². The van der Waals surface area contributed by atoms with E-state index >= 15 is 0 Å². The molecule has 1 amide bonds. The quantitative estimate of drug-likeness (QED) is 0.876. The molecule has 19 heavy (non-hydrogen) atoms. The van der Waals surface area contributed by atoms with Crippen molar-refractivity contribution in [3.8, 4) is 0 Å². The van der Waals surface area contributed by atoms with Crippen LogP contribution in [0.2, 0.25) is 0 Å². The molecule has 5 heteroatoms. The van der Waals surface area contributed by atoms with Crippen LogP contribution in [0, 0.1) is 6.92 Å². The van der Waals surface area contributed by atoms with Crippen LogP contribution >= 0.6 is 11.3 Å². The highest BCUT2D eigenvalue weighted by Gasteiger charge is 2.15. The summed E-state index contributed by atoms with van der Waals surface area (Å²) >= 11 is 1.37. The molecule has 1 aromatic carbocycles. The molecule has 4 nitrogen and oxygen atoms in total. The van der Waals surface area contributed by atoms with Crippen LogP contribution in [0.25, 0.3) is 0 Å². The zero-order chi connectivity index (χ0) is 13.8. The molecule has 0 bridgehead atoms. The van der Waals surface area contributed by atoms with Gasteiger partial charge in [0.15, 0.2) is 0 Å². The van der Waals surface area contributed by atoms with Crippen LogP contribution in [0.5, 0.6) is 0 Å². The first-order chi connectivity index (χ1) is 9.13. The van der Waals surface area contributed by atoms with Gasteiger partial charge in [-0.05, 0) is 36.1 Å². The number of thiophene rings is 1. The summed E-state index contributed by atoms with van der Waals surface area (Å²) in [7, 11) is 1.31. The largest absolute Gasteiger partial charge is 0.465 e. The molecule has 1 N–H and O–H groups in total. The lowest BCUT2D eigenvalue weighted by Crippen LogP contribution is -2.15. The molecule has 2 rings (SSSR count). The van der Waals surface area contributed by atoms with Gasteiger partial charge in [-0.1, -0.05) is 12.1 Å². The summed E-state index contributed by atoms with van der Waals surface area (Å²) in [6, 6.07) is 8.64. The second-order valence-electron chi connectivity index (χ2n) is 3.92. The summed E-state index contributed by atoms with van der Waals surface area (Å²) in [6.07, 6.45) is 0. The molecule has 0 aliphatic heterocycles. The van der Waals surface area contributed by atoms with E-state index in [0.29, 0.717) is 16.1 Å². The molecule has 0 saturated heterocycles. The second-order valence-corrected chi connectivity index (χ2v) is 4.84. The zero-order valence-corrected chi connectivity index (χ0v) is 11.4. The molecule has 0 aliphatic carbocycles. The number of hydrogen-bond donors (Lipinski definition) is 1. The standard InChI is InChI=1S/C14H13NO3S/c1-9-7-8-19-12(9)13(16)15-11-6-4-3-5-10(11)14(17)18-2/h3-8H,1-2H3,(H,15,16). The Morgan fingerprint density at radius 3 is 2.58 bits per heavy atom. The highest BCUT2D eigenvalue weighted by atomic mass is 32.1. The van der Waals surface area contributed by atoms with Crippen LogP contribution in [0.1, 0.15) is 25.6 Å². The lowest BCUT2D eigenvalue weighted by Gasteiger charge is -2.09. The number of nitrogens with one attached hydrogen (secondary N) is 1. The van der Waals surface area contributed by atoms with Gasteiger partial charge >= 0.3 is 5.97 Å². The van der Waals surface area contributed by atoms with E-state index in [4.69, 9.17) is 0 Å². The molecule has 0 radical (unpaired) electrons. The summed E-state index contributed by atoms with van der Waals surface area (Å²) in [5.41, 5.74) is 1.71. The molecule has 1 aromatic heterocycles. The molecule has 98 valence electrons. The number of amides is 1. The van der Waals surface area contributed by atoms with Gasteiger partial charge in [0, 0.05) is 0 Å². The predicted octanol–water partition coefficient (Wildman–Crippen LogP) is 3.10. The van der Waals surface area contributed by atoms with Crippen molar-refractivity contribution >= 4 is 28.9 Å². The Kier molecular flexibility index (Phi) is 3.97. The second kappa shape index (κ2) is 5.67. The van der Waals surface area contributed by atoms with E-state index in [0.717, 1.165) is 5.56 Å². The van der Waals surface area contributed by atoms with Crippen molar-refractivity contribution in [3.63, 3.8) is 0 Å². The molecule has 0 unspecified atom stereocenters. The summed E-state index contributed by atoms with van der Waals surface area (Å²) in [4.78, 5) is 24.3. The maximum atomic E-state index is 12.1. The third kappa shape index (κ3) is 2.82. The summed E-state index contributed by atoms with van der Waals surface area (Å²) in [5, 5.41) is 4.60. The normalized spacial score (nSPS) is 10.0. The van der Waals surface area contributed by atoms with E-state index in [1.807, 2.05) is 18.4 Å².